The lowest BCUT2D eigenvalue weighted by molar-refractivity contribution is 0.337. The van der Waals surface area contributed by atoms with Crippen LogP contribution in [0.1, 0.15) is 0 Å². The first kappa shape index (κ1) is 11.8. The topological polar surface area (TPSA) is 95.2 Å². The summed E-state index contributed by atoms with van der Waals surface area (Å²) in [7, 11) is 1.58. The molecule has 86 valence electrons. The molecule has 0 fully saturated rings. The van der Waals surface area contributed by atoms with Gasteiger partial charge in [-0.1, -0.05) is 12.1 Å². The molecule has 1 aromatic carbocycles. The standard InChI is InChI=1S/C10H14N4O2/c1-15-8-4-2-3-5-9(8)16-7-6-13-14-10(11)12/h2-6H,7H2,1H3,(H4,11,12,14)/b13-6-. The summed E-state index contributed by atoms with van der Waals surface area (Å²) in [5.74, 6) is 1.22. The van der Waals surface area contributed by atoms with Crippen LogP contribution in [0.4, 0.5) is 0 Å². The van der Waals surface area contributed by atoms with Gasteiger partial charge in [0, 0.05) is 0 Å². The van der Waals surface area contributed by atoms with Crippen molar-refractivity contribution in [2.75, 3.05) is 13.7 Å². The SMILES string of the molecule is COc1ccccc1OC/C=N\N=C(N)N. The van der Waals surface area contributed by atoms with E-state index < -0.39 is 0 Å². The largest absolute Gasteiger partial charge is 0.493 e. The highest BCUT2D eigenvalue weighted by atomic mass is 16.5. The second-order valence-electron chi connectivity index (χ2n) is 2.78. The molecule has 6 nitrogen and oxygen atoms in total. The molecule has 0 aliphatic carbocycles. The Morgan fingerprint density at radius 2 is 2.00 bits per heavy atom. The van der Waals surface area contributed by atoms with Crippen LogP contribution in [0, 0.1) is 0 Å². The van der Waals surface area contributed by atoms with Gasteiger partial charge in [0.05, 0.1) is 13.3 Å². The van der Waals surface area contributed by atoms with E-state index in [2.05, 4.69) is 10.2 Å². The van der Waals surface area contributed by atoms with Gasteiger partial charge in [-0.25, -0.2) is 0 Å². The Morgan fingerprint density at radius 1 is 1.31 bits per heavy atom. The fraction of sp³-hybridized carbons (Fsp3) is 0.200. The van der Waals surface area contributed by atoms with E-state index in [0.29, 0.717) is 11.5 Å². The normalized spacial score (nSPS) is 10.1. The molecule has 1 aromatic rings. The minimum atomic E-state index is -0.0893. The molecule has 0 aliphatic heterocycles. The number of para-hydroxylation sites is 2. The molecule has 0 aliphatic rings. The molecule has 0 atom stereocenters. The second kappa shape index (κ2) is 6.28. The molecule has 1 rings (SSSR count). The van der Waals surface area contributed by atoms with Crippen LogP contribution in [0.3, 0.4) is 0 Å². The molecule has 16 heavy (non-hydrogen) atoms. The average Bonchev–Trinajstić information content (AvgIpc) is 2.29. The Morgan fingerprint density at radius 3 is 2.62 bits per heavy atom. The van der Waals surface area contributed by atoms with Gasteiger partial charge in [0.15, 0.2) is 11.5 Å². The first-order valence-corrected chi connectivity index (χ1v) is 4.60. The summed E-state index contributed by atoms with van der Waals surface area (Å²) < 4.78 is 10.5. The van der Waals surface area contributed by atoms with E-state index in [9.17, 15) is 0 Å². The molecule has 0 spiro atoms. The Balaban J connectivity index is 2.48. The van der Waals surface area contributed by atoms with Crippen molar-refractivity contribution in [3.05, 3.63) is 24.3 Å². The van der Waals surface area contributed by atoms with Crippen molar-refractivity contribution in [3.63, 3.8) is 0 Å². The highest BCUT2D eigenvalue weighted by molar-refractivity contribution is 5.76. The van der Waals surface area contributed by atoms with Gasteiger partial charge in [0.25, 0.3) is 0 Å². The number of nitrogens with zero attached hydrogens (tertiary/aromatic N) is 2. The summed E-state index contributed by atoms with van der Waals surface area (Å²) in [6.45, 7) is 0.261. The third kappa shape index (κ3) is 3.87. The van der Waals surface area contributed by atoms with E-state index in [1.807, 2.05) is 18.2 Å². The van der Waals surface area contributed by atoms with Crippen molar-refractivity contribution in [2.24, 2.45) is 21.7 Å². The predicted octanol–water partition coefficient (Wildman–Crippen LogP) is 0.333. The first-order chi connectivity index (χ1) is 7.74. The zero-order valence-electron chi connectivity index (χ0n) is 8.96. The van der Waals surface area contributed by atoms with Crippen molar-refractivity contribution < 1.29 is 9.47 Å². The minimum absolute atomic E-state index is 0.0893. The molecule has 0 amide bonds. The van der Waals surface area contributed by atoms with Crippen molar-refractivity contribution in [1.29, 1.82) is 0 Å². The zero-order valence-corrected chi connectivity index (χ0v) is 8.96. The molecule has 6 heteroatoms. The van der Waals surface area contributed by atoms with Crippen LogP contribution in [0.2, 0.25) is 0 Å². The molecule has 0 unspecified atom stereocenters. The van der Waals surface area contributed by atoms with Crippen LogP contribution in [0.5, 0.6) is 11.5 Å². The number of methoxy groups -OCH3 is 1. The quantitative estimate of drug-likeness (QED) is 0.426. The number of guanidine groups is 1. The monoisotopic (exact) mass is 222 g/mol. The number of benzene rings is 1. The van der Waals surface area contributed by atoms with Gasteiger partial charge >= 0.3 is 0 Å². The van der Waals surface area contributed by atoms with Gasteiger partial charge in [-0.05, 0) is 12.1 Å². The Hall–Kier alpha value is -2.24. The van der Waals surface area contributed by atoms with Crippen molar-refractivity contribution in [2.45, 2.75) is 0 Å². The second-order valence-corrected chi connectivity index (χ2v) is 2.78. The zero-order chi connectivity index (χ0) is 11.8. The molecule has 0 bridgehead atoms. The lowest BCUT2D eigenvalue weighted by Gasteiger charge is -2.07. The lowest BCUT2D eigenvalue weighted by Crippen LogP contribution is -2.21. The predicted molar refractivity (Wildman–Crippen MR) is 62.8 cm³/mol. The van der Waals surface area contributed by atoms with Crippen LogP contribution < -0.4 is 20.9 Å². The summed E-state index contributed by atoms with van der Waals surface area (Å²) in [6.07, 6.45) is 1.45. The molecule has 4 N–H and O–H groups in total. The van der Waals surface area contributed by atoms with Gasteiger partial charge in [0.1, 0.15) is 6.61 Å². The maximum Gasteiger partial charge on any atom is 0.211 e. The van der Waals surface area contributed by atoms with E-state index in [-0.39, 0.29) is 12.6 Å². The van der Waals surface area contributed by atoms with Gasteiger partial charge < -0.3 is 20.9 Å². The van der Waals surface area contributed by atoms with Crippen LogP contribution in [-0.4, -0.2) is 25.9 Å². The number of rotatable bonds is 5. The summed E-state index contributed by atoms with van der Waals surface area (Å²) in [5, 5.41) is 7.02. The summed E-state index contributed by atoms with van der Waals surface area (Å²) in [5.41, 5.74) is 10.2. The average molecular weight is 222 g/mol. The minimum Gasteiger partial charge on any atom is -0.493 e. The highest BCUT2D eigenvalue weighted by Gasteiger charge is 2.00. The van der Waals surface area contributed by atoms with E-state index in [4.69, 9.17) is 20.9 Å². The van der Waals surface area contributed by atoms with E-state index in [1.165, 1.54) is 6.21 Å². The number of ether oxygens (including phenoxy) is 2. The van der Waals surface area contributed by atoms with E-state index in [1.54, 1.807) is 13.2 Å². The molecule has 0 saturated carbocycles. The van der Waals surface area contributed by atoms with Crippen molar-refractivity contribution >= 4 is 12.2 Å². The summed E-state index contributed by atoms with van der Waals surface area (Å²) in [6, 6.07) is 7.32. The molecule has 0 radical (unpaired) electrons. The Labute approximate surface area is 93.6 Å². The third-order valence-electron chi connectivity index (χ3n) is 1.64. The molecular weight excluding hydrogens is 208 g/mol. The summed E-state index contributed by atoms with van der Waals surface area (Å²) >= 11 is 0. The molecule has 0 saturated heterocycles. The smallest absolute Gasteiger partial charge is 0.211 e. The highest BCUT2D eigenvalue weighted by Crippen LogP contribution is 2.25. The molecule has 0 aromatic heterocycles. The van der Waals surface area contributed by atoms with Crippen LogP contribution in [0.15, 0.2) is 34.5 Å². The van der Waals surface area contributed by atoms with Crippen molar-refractivity contribution in [1.82, 2.24) is 0 Å². The van der Waals surface area contributed by atoms with Crippen molar-refractivity contribution in [3.8, 4) is 11.5 Å². The lowest BCUT2D eigenvalue weighted by atomic mass is 10.3. The fourth-order valence-electron chi connectivity index (χ4n) is 1.01. The van der Waals surface area contributed by atoms with Crippen LogP contribution in [0.25, 0.3) is 0 Å². The summed E-state index contributed by atoms with van der Waals surface area (Å²) in [4.78, 5) is 0. The Kier molecular flexibility index (Phi) is 4.65. The van der Waals surface area contributed by atoms with Crippen LogP contribution in [-0.2, 0) is 0 Å². The molecular formula is C10H14N4O2. The van der Waals surface area contributed by atoms with Gasteiger partial charge in [-0.15, -0.1) is 5.10 Å². The Bertz CT molecular complexity index is 386. The number of hydrogen-bond acceptors (Lipinski definition) is 4. The van der Waals surface area contributed by atoms with Crippen LogP contribution >= 0.6 is 0 Å². The van der Waals surface area contributed by atoms with Gasteiger partial charge in [-0.3, -0.25) is 0 Å². The maximum absolute atomic E-state index is 5.38. The van der Waals surface area contributed by atoms with E-state index in [0.717, 1.165) is 0 Å². The first-order valence-electron chi connectivity index (χ1n) is 4.60. The maximum atomic E-state index is 5.38. The fourth-order valence-corrected chi connectivity index (χ4v) is 1.01. The van der Waals surface area contributed by atoms with Gasteiger partial charge in [0.2, 0.25) is 5.96 Å². The van der Waals surface area contributed by atoms with E-state index >= 15 is 0 Å². The molecule has 0 heterocycles. The third-order valence-corrected chi connectivity index (χ3v) is 1.64. The number of hydrogen-bond donors (Lipinski definition) is 2. The van der Waals surface area contributed by atoms with Gasteiger partial charge in [-0.2, -0.15) is 5.10 Å². The number of nitrogens with two attached hydrogens (primary N) is 2.